The molecule has 2 rings (SSSR count). The van der Waals surface area contributed by atoms with Gasteiger partial charge < -0.3 is 5.32 Å². The lowest BCUT2D eigenvalue weighted by Gasteiger charge is -2.28. The fourth-order valence-electron chi connectivity index (χ4n) is 2.05. The van der Waals surface area contributed by atoms with Crippen molar-refractivity contribution in [2.75, 3.05) is 10.6 Å². The van der Waals surface area contributed by atoms with Crippen LogP contribution in [0.4, 0.5) is 5.69 Å². The maximum Gasteiger partial charge on any atom is 0.243 e. The van der Waals surface area contributed by atoms with E-state index in [9.17, 15) is 13.2 Å². The zero-order chi connectivity index (χ0) is 14.9. The fraction of sp³-hybridized carbons (Fsp3) is 0.500. The number of anilines is 1. The average Bonchev–Trinajstić information content (AvgIpc) is 3.14. The molecule has 1 atom stereocenters. The van der Waals surface area contributed by atoms with E-state index in [-0.39, 0.29) is 11.9 Å². The Morgan fingerprint density at radius 3 is 2.30 bits per heavy atom. The quantitative estimate of drug-likeness (QED) is 0.894. The van der Waals surface area contributed by atoms with Crippen molar-refractivity contribution in [2.45, 2.75) is 38.8 Å². The molecule has 1 aromatic rings. The molecular formula is C14H20N2O3S. The van der Waals surface area contributed by atoms with E-state index >= 15 is 0 Å². The zero-order valence-electron chi connectivity index (χ0n) is 12.0. The first kappa shape index (κ1) is 14.8. The number of aryl methyl sites for hydroxylation is 1. The van der Waals surface area contributed by atoms with Crippen molar-refractivity contribution >= 4 is 21.6 Å². The Kier molecular flexibility index (Phi) is 4.04. The predicted octanol–water partition coefficient (Wildman–Crippen LogP) is 1.43. The van der Waals surface area contributed by atoms with E-state index in [2.05, 4.69) is 5.32 Å². The van der Waals surface area contributed by atoms with Crippen LogP contribution in [-0.4, -0.2) is 32.7 Å². The summed E-state index contributed by atoms with van der Waals surface area (Å²) in [5.41, 5.74) is 1.55. The first-order valence-electron chi connectivity index (χ1n) is 6.65. The van der Waals surface area contributed by atoms with Crippen molar-refractivity contribution in [3.63, 3.8) is 0 Å². The van der Waals surface area contributed by atoms with Gasteiger partial charge in [-0.25, -0.2) is 8.42 Å². The van der Waals surface area contributed by atoms with Crippen LogP contribution in [0, 0.1) is 6.92 Å². The van der Waals surface area contributed by atoms with E-state index < -0.39 is 16.1 Å². The molecule has 1 amide bonds. The van der Waals surface area contributed by atoms with Crippen LogP contribution >= 0.6 is 0 Å². The van der Waals surface area contributed by atoms with Crippen LogP contribution in [-0.2, 0) is 14.8 Å². The van der Waals surface area contributed by atoms with Crippen LogP contribution in [0.15, 0.2) is 24.3 Å². The topological polar surface area (TPSA) is 66.5 Å². The lowest BCUT2D eigenvalue weighted by Crippen LogP contribution is -2.48. The van der Waals surface area contributed by atoms with Crippen molar-refractivity contribution in [1.29, 1.82) is 0 Å². The smallest absolute Gasteiger partial charge is 0.243 e. The number of carbonyl (C=O) groups is 1. The largest absolute Gasteiger partial charge is 0.352 e. The predicted molar refractivity (Wildman–Crippen MR) is 79.1 cm³/mol. The summed E-state index contributed by atoms with van der Waals surface area (Å²) < 4.78 is 25.2. The van der Waals surface area contributed by atoms with Gasteiger partial charge in [-0.05, 0) is 38.8 Å². The summed E-state index contributed by atoms with van der Waals surface area (Å²) in [4.78, 5) is 12.1. The van der Waals surface area contributed by atoms with Gasteiger partial charge in [-0.3, -0.25) is 9.10 Å². The SMILES string of the molecule is Cc1ccc(N([C@@H](C)C(=O)NC2CC2)S(C)(=O)=O)cc1. The second kappa shape index (κ2) is 5.44. The normalized spacial score (nSPS) is 16.6. The van der Waals surface area contributed by atoms with Gasteiger partial charge in [0.15, 0.2) is 0 Å². The molecular weight excluding hydrogens is 276 g/mol. The minimum Gasteiger partial charge on any atom is -0.352 e. The number of nitrogens with zero attached hydrogens (tertiary/aromatic N) is 1. The molecule has 0 bridgehead atoms. The second-order valence-corrected chi connectivity index (χ2v) is 7.21. The number of nitrogens with one attached hydrogen (secondary N) is 1. The van der Waals surface area contributed by atoms with E-state index in [0.717, 1.165) is 24.7 Å². The Morgan fingerprint density at radius 2 is 1.85 bits per heavy atom. The number of carbonyl (C=O) groups excluding carboxylic acids is 1. The molecule has 1 aliphatic carbocycles. The van der Waals surface area contributed by atoms with E-state index in [4.69, 9.17) is 0 Å². The molecule has 0 saturated heterocycles. The number of hydrogen-bond donors (Lipinski definition) is 1. The Morgan fingerprint density at radius 1 is 1.30 bits per heavy atom. The highest BCUT2D eigenvalue weighted by Gasteiger charge is 2.32. The highest BCUT2D eigenvalue weighted by molar-refractivity contribution is 7.92. The molecule has 1 aromatic carbocycles. The Hall–Kier alpha value is -1.56. The summed E-state index contributed by atoms with van der Waals surface area (Å²) in [7, 11) is -3.52. The Bertz CT molecular complexity index is 591. The Balaban J connectivity index is 2.27. The molecule has 0 unspecified atom stereocenters. The van der Waals surface area contributed by atoms with Crippen molar-refractivity contribution < 1.29 is 13.2 Å². The maximum absolute atomic E-state index is 12.1. The van der Waals surface area contributed by atoms with Crippen molar-refractivity contribution in [3.05, 3.63) is 29.8 Å². The zero-order valence-corrected chi connectivity index (χ0v) is 12.8. The molecule has 0 spiro atoms. The van der Waals surface area contributed by atoms with Crippen molar-refractivity contribution in [2.24, 2.45) is 0 Å². The molecule has 110 valence electrons. The molecule has 1 aliphatic rings. The van der Waals surface area contributed by atoms with Crippen LogP contribution in [0.25, 0.3) is 0 Å². The number of benzene rings is 1. The monoisotopic (exact) mass is 296 g/mol. The molecule has 0 aromatic heterocycles. The van der Waals surface area contributed by atoms with Gasteiger partial charge in [0, 0.05) is 6.04 Å². The van der Waals surface area contributed by atoms with Gasteiger partial charge in [0.2, 0.25) is 15.9 Å². The van der Waals surface area contributed by atoms with Gasteiger partial charge in [-0.15, -0.1) is 0 Å². The second-order valence-electron chi connectivity index (χ2n) is 5.35. The van der Waals surface area contributed by atoms with Gasteiger partial charge >= 0.3 is 0 Å². The molecule has 0 aliphatic heterocycles. The minimum atomic E-state index is -3.52. The molecule has 0 radical (unpaired) electrons. The number of hydrogen-bond acceptors (Lipinski definition) is 3. The van der Waals surface area contributed by atoms with Gasteiger partial charge in [-0.1, -0.05) is 17.7 Å². The van der Waals surface area contributed by atoms with Crippen LogP contribution < -0.4 is 9.62 Å². The van der Waals surface area contributed by atoms with Gasteiger partial charge in [0.1, 0.15) is 6.04 Å². The summed E-state index contributed by atoms with van der Waals surface area (Å²) in [5.74, 6) is -0.251. The Labute approximate surface area is 120 Å². The third kappa shape index (κ3) is 3.50. The van der Waals surface area contributed by atoms with Gasteiger partial charge in [0.25, 0.3) is 0 Å². The van der Waals surface area contributed by atoms with Gasteiger partial charge in [0.05, 0.1) is 11.9 Å². The minimum absolute atomic E-state index is 0.212. The van der Waals surface area contributed by atoms with Gasteiger partial charge in [-0.2, -0.15) is 0 Å². The molecule has 6 heteroatoms. The van der Waals surface area contributed by atoms with E-state index in [0.29, 0.717) is 5.69 Å². The molecule has 1 fully saturated rings. The molecule has 1 N–H and O–H groups in total. The maximum atomic E-state index is 12.1. The third-order valence-corrected chi connectivity index (χ3v) is 4.54. The summed E-state index contributed by atoms with van der Waals surface area (Å²) in [6.07, 6.45) is 3.07. The summed E-state index contributed by atoms with van der Waals surface area (Å²) in [6.45, 7) is 3.54. The first-order valence-corrected chi connectivity index (χ1v) is 8.50. The number of sulfonamides is 1. The standard InChI is InChI=1S/C14H20N2O3S/c1-10-4-8-13(9-5-10)16(20(3,18)19)11(2)14(17)15-12-6-7-12/h4-5,8-9,11-12H,6-7H2,1-3H3,(H,15,17)/t11-/m0/s1. The molecule has 0 heterocycles. The lowest BCUT2D eigenvalue weighted by atomic mass is 10.2. The lowest BCUT2D eigenvalue weighted by molar-refractivity contribution is -0.121. The van der Waals surface area contributed by atoms with Crippen LogP contribution in [0.5, 0.6) is 0 Å². The van der Waals surface area contributed by atoms with Crippen LogP contribution in [0.3, 0.4) is 0 Å². The van der Waals surface area contributed by atoms with Crippen LogP contribution in [0.2, 0.25) is 0 Å². The highest BCUT2D eigenvalue weighted by Crippen LogP contribution is 2.23. The van der Waals surface area contributed by atoms with E-state index in [1.807, 2.05) is 19.1 Å². The summed E-state index contributed by atoms with van der Waals surface area (Å²) >= 11 is 0. The average molecular weight is 296 g/mol. The van der Waals surface area contributed by atoms with E-state index in [1.165, 1.54) is 4.31 Å². The number of rotatable bonds is 5. The number of amides is 1. The first-order chi connectivity index (χ1) is 9.29. The van der Waals surface area contributed by atoms with Crippen LogP contribution in [0.1, 0.15) is 25.3 Å². The fourth-order valence-corrected chi connectivity index (χ4v) is 3.22. The summed E-state index contributed by atoms with van der Waals surface area (Å²) in [6, 6.07) is 6.56. The molecule has 20 heavy (non-hydrogen) atoms. The third-order valence-electron chi connectivity index (χ3n) is 3.30. The van der Waals surface area contributed by atoms with E-state index in [1.54, 1.807) is 19.1 Å². The summed E-state index contributed by atoms with van der Waals surface area (Å²) in [5, 5.41) is 2.84. The molecule has 5 nitrogen and oxygen atoms in total. The molecule has 1 saturated carbocycles. The van der Waals surface area contributed by atoms with Crippen molar-refractivity contribution in [3.8, 4) is 0 Å². The van der Waals surface area contributed by atoms with Crippen molar-refractivity contribution in [1.82, 2.24) is 5.32 Å². The highest BCUT2D eigenvalue weighted by atomic mass is 32.2.